The number of nitrogens with zero attached hydrogens (tertiary/aromatic N) is 2. The van der Waals surface area contributed by atoms with Gasteiger partial charge in [0.15, 0.2) is 5.96 Å². The van der Waals surface area contributed by atoms with Crippen molar-refractivity contribution in [2.24, 2.45) is 4.99 Å². The molecule has 0 bridgehead atoms. The first-order valence-electron chi connectivity index (χ1n) is 6.52. The van der Waals surface area contributed by atoms with E-state index in [-0.39, 0.29) is 5.75 Å². The molecule has 0 aromatic carbocycles. The van der Waals surface area contributed by atoms with Gasteiger partial charge < -0.3 is 10.6 Å². The number of aromatic nitrogens is 1. The molecule has 1 heterocycles. The van der Waals surface area contributed by atoms with Gasteiger partial charge in [0, 0.05) is 30.4 Å². The van der Waals surface area contributed by atoms with Crippen LogP contribution in [0.1, 0.15) is 23.2 Å². The molecule has 1 aromatic rings. The molecule has 114 valence electrons. The monoisotopic (exact) mass is 318 g/mol. The van der Waals surface area contributed by atoms with Crippen molar-refractivity contribution in [3.8, 4) is 0 Å². The minimum absolute atomic E-state index is 0.186. The summed E-state index contributed by atoms with van der Waals surface area (Å²) >= 11 is 1.63. The van der Waals surface area contributed by atoms with Crippen molar-refractivity contribution in [1.82, 2.24) is 15.6 Å². The zero-order valence-corrected chi connectivity index (χ0v) is 13.8. The van der Waals surface area contributed by atoms with Gasteiger partial charge in [-0.3, -0.25) is 0 Å². The van der Waals surface area contributed by atoms with E-state index in [4.69, 9.17) is 0 Å². The number of aryl methyl sites for hydroxylation is 1. The van der Waals surface area contributed by atoms with Crippen molar-refractivity contribution in [3.05, 3.63) is 16.1 Å². The molecule has 0 fully saturated rings. The Morgan fingerprint density at radius 2 is 2.20 bits per heavy atom. The minimum atomic E-state index is -2.90. The summed E-state index contributed by atoms with van der Waals surface area (Å²) in [6.45, 7) is 5.87. The van der Waals surface area contributed by atoms with Crippen molar-refractivity contribution in [3.63, 3.8) is 0 Å². The van der Waals surface area contributed by atoms with Gasteiger partial charge in [-0.25, -0.2) is 18.4 Å². The lowest BCUT2D eigenvalue weighted by Crippen LogP contribution is -2.38. The second kappa shape index (κ2) is 8.21. The fourth-order valence-electron chi connectivity index (χ4n) is 1.50. The SMILES string of the molecule is CCNC(=NCc1ncc(C)s1)NCCCS(C)(=O)=O. The highest BCUT2D eigenvalue weighted by Crippen LogP contribution is 2.11. The Balaban J connectivity index is 2.42. The molecule has 0 atom stereocenters. The lowest BCUT2D eigenvalue weighted by molar-refractivity contribution is 0.598. The molecule has 0 radical (unpaired) electrons. The van der Waals surface area contributed by atoms with Gasteiger partial charge in [0.05, 0.1) is 12.3 Å². The Morgan fingerprint density at radius 1 is 1.45 bits per heavy atom. The van der Waals surface area contributed by atoms with Crippen molar-refractivity contribution >= 4 is 27.1 Å². The van der Waals surface area contributed by atoms with Crippen LogP contribution in [0.3, 0.4) is 0 Å². The third kappa shape index (κ3) is 7.44. The van der Waals surface area contributed by atoms with E-state index >= 15 is 0 Å². The summed E-state index contributed by atoms with van der Waals surface area (Å²) < 4.78 is 22.1. The fraction of sp³-hybridized carbons (Fsp3) is 0.667. The highest BCUT2D eigenvalue weighted by Gasteiger charge is 2.03. The van der Waals surface area contributed by atoms with Gasteiger partial charge in [-0.2, -0.15) is 0 Å². The van der Waals surface area contributed by atoms with Gasteiger partial charge in [-0.15, -0.1) is 11.3 Å². The number of sulfone groups is 1. The summed E-state index contributed by atoms with van der Waals surface area (Å²) in [7, 11) is -2.90. The van der Waals surface area contributed by atoms with Crippen molar-refractivity contribution in [1.29, 1.82) is 0 Å². The molecule has 8 heteroatoms. The number of thiazole rings is 1. The van der Waals surface area contributed by atoms with Crippen LogP contribution in [0.2, 0.25) is 0 Å². The maximum Gasteiger partial charge on any atom is 0.191 e. The van der Waals surface area contributed by atoms with E-state index in [2.05, 4.69) is 20.6 Å². The van der Waals surface area contributed by atoms with Gasteiger partial charge in [0.25, 0.3) is 0 Å². The van der Waals surface area contributed by atoms with E-state index in [1.54, 1.807) is 11.3 Å². The predicted molar refractivity (Wildman–Crippen MR) is 84.0 cm³/mol. The van der Waals surface area contributed by atoms with Gasteiger partial charge in [-0.1, -0.05) is 0 Å². The Morgan fingerprint density at radius 3 is 2.75 bits per heavy atom. The van der Waals surface area contributed by atoms with Gasteiger partial charge in [-0.05, 0) is 20.3 Å². The van der Waals surface area contributed by atoms with E-state index in [1.165, 1.54) is 11.1 Å². The summed E-state index contributed by atoms with van der Waals surface area (Å²) in [5.41, 5.74) is 0. The van der Waals surface area contributed by atoms with Crippen LogP contribution in [0.15, 0.2) is 11.2 Å². The number of aliphatic imine (C=N–C) groups is 1. The van der Waals surface area contributed by atoms with Crippen LogP contribution >= 0.6 is 11.3 Å². The van der Waals surface area contributed by atoms with E-state index < -0.39 is 9.84 Å². The third-order valence-corrected chi connectivity index (χ3v) is 4.30. The summed E-state index contributed by atoms with van der Waals surface area (Å²) in [4.78, 5) is 9.84. The Kier molecular flexibility index (Phi) is 6.94. The maximum absolute atomic E-state index is 11.0. The number of hydrogen-bond donors (Lipinski definition) is 2. The first-order valence-corrected chi connectivity index (χ1v) is 9.39. The number of guanidine groups is 1. The molecule has 1 rings (SSSR count). The van der Waals surface area contributed by atoms with Crippen LogP contribution in [-0.2, 0) is 16.4 Å². The molecule has 0 saturated heterocycles. The summed E-state index contributed by atoms with van der Waals surface area (Å²) in [5.74, 6) is 0.874. The van der Waals surface area contributed by atoms with E-state index in [0.717, 1.165) is 11.6 Å². The Hall–Kier alpha value is -1.15. The average molecular weight is 318 g/mol. The first-order chi connectivity index (χ1) is 9.40. The molecular formula is C12H22N4O2S2. The Bertz CT molecular complexity index is 537. The van der Waals surface area contributed by atoms with Crippen LogP contribution in [-0.4, -0.2) is 44.5 Å². The summed E-state index contributed by atoms with van der Waals surface area (Å²) in [6.07, 6.45) is 3.65. The molecule has 2 N–H and O–H groups in total. The molecule has 0 unspecified atom stereocenters. The summed E-state index contributed by atoms with van der Waals surface area (Å²) in [6, 6.07) is 0. The standard InChI is InChI=1S/C12H22N4O2S2/c1-4-13-12(14-6-5-7-20(3,17)18)16-9-11-15-8-10(2)19-11/h8H,4-7,9H2,1-3H3,(H2,13,14,16). The van der Waals surface area contributed by atoms with Crippen LogP contribution in [0.25, 0.3) is 0 Å². The van der Waals surface area contributed by atoms with E-state index in [9.17, 15) is 8.42 Å². The zero-order chi connectivity index (χ0) is 15.0. The molecule has 0 aliphatic carbocycles. The normalized spacial score (nSPS) is 12.4. The largest absolute Gasteiger partial charge is 0.357 e. The predicted octanol–water partition coefficient (Wildman–Crippen LogP) is 0.941. The van der Waals surface area contributed by atoms with Crippen molar-refractivity contribution in [2.45, 2.75) is 26.8 Å². The minimum Gasteiger partial charge on any atom is -0.357 e. The van der Waals surface area contributed by atoms with E-state index in [0.29, 0.717) is 25.5 Å². The number of rotatable bonds is 7. The van der Waals surface area contributed by atoms with Gasteiger partial charge >= 0.3 is 0 Å². The highest BCUT2D eigenvalue weighted by molar-refractivity contribution is 7.90. The van der Waals surface area contributed by atoms with Gasteiger partial charge in [0.2, 0.25) is 0 Å². The topological polar surface area (TPSA) is 83.4 Å². The van der Waals surface area contributed by atoms with Crippen molar-refractivity contribution < 1.29 is 8.42 Å². The van der Waals surface area contributed by atoms with E-state index in [1.807, 2.05) is 20.0 Å². The number of hydrogen-bond acceptors (Lipinski definition) is 5. The molecule has 0 aliphatic heterocycles. The molecule has 0 spiro atoms. The maximum atomic E-state index is 11.0. The molecule has 20 heavy (non-hydrogen) atoms. The average Bonchev–Trinajstić information content (AvgIpc) is 2.76. The second-order valence-electron chi connectivity index (χ2n) is 4.47. The molecule has 1 aromatic heterocycles. The van der Waals surface area contributed by atoms with Crippen LogP contribution < -0.4 is 10.6 Å². The highest BCUT2D eigenvalue weighted by atomic mass is 32.2. The molecule has 0 saturated carbocycles. The third-order valence-electron chi connectivity index (χ3n) is 2.37. The molecule has 6 nitrogen and oxygen atoms in total. The first kappa shape index (κ1) is 16.9. The zero-order valence-electron chi connectivity index (χ0n) is 12.1. The second-order valence-corrected chi connectivity index (χ2v) is 8.05. The lowest BCUT2D eigenvalue weighted by Gasteiger charge is -2.10. The lowest BCUT2D eigenvalue weighted by atomic mass is 10.5. The molecule has 0 aliphatic rings. The fourth-order valence-corrected chi connectivity index (χ4v) is 2.88. The molecule has 0 amide bonds. The van der Waals surface area contributed by atoms with Gasteiger partial charge in [0.1, 0.15) is 14.8 Å². The number of nitrogens with one attached hydrogen (secondary N) is 2. The van der Waals surface area contributed by atoms with Crippen molar-refractivity contribution in [2.75, 3.05) is 25.1 Å². The van der Waals surface area contributed by atoms with Crippen LogP contribution in [0, 0.1) is 6.92 Å². The smallest absolute Gasteiger partial charge is 0.191 e. The quantitative estimate of drug-likeness (QED) is 0.444. The molecular weight excluding hydrogens is 296 g/mol. The van der Waals surface area contributed by atoms with Crippen LogP contribution in [0.5, 0.6) is 0 Å². The Labute approximate surface area is 124 Å². The van der Waals surface area contributed by atoms with Crippen LogP contribution in [0.4, 0.5) is 0 Å². The summed E-state index contributed by atoms with van der Waals surface area (Å²) in [5, 5.41) is 7.21.